The average Bonchev–Trinajstić information content (AvgIpc) is 2.79. The van der Waals surface area contributed by atoms with Gasteiger partial charge in [-0.2, -0.15) is 0 Å². The fourth-order valence-corrected chi connectivity index (χ4v) is 4.05. The fourth-order valence-electron chi connectivity index (χ4n) is 4.05. The van der Waals surface area contributed by atoms with Crippen LogP contribution in [0.15, 0.2) is 18.2 Å². The number of benzene rings is 1. The number of ether oxygens (including phenoxy) is 1. The number of nitrogens with zero attached hydrogens (tertiary/aromatic N) is 1. The molecule has 6 heteroatoms. The number of rotatable bonds is 14. The summed E-state index contributed by atoms with van der Waals surface area (Å²) in [7, 11) is 0. The summed E-state index contributed by atoms with van der Waals surface area (Å²) in [6, 6.07) is 5.75. The van der Waals surface area contributed by atoms with E-state index in [2.05, 4.69) is 29.4 Å². The van der Waals surface area contributed by atoms with Crippen molar-refractivity contribution in [2.75, 3.05) is 43.1 Å². The van der Waals surface area contributed by atoms with Gasteiger partial charge in [0.15, 0.2) is 0 Å². The van der Waals surface area contributed by atoms with E-state index in [-0.39, 0.29) is 11.8 Å². The van der Waals surface area contributed by atoms with Crippen molar-refractivity contribution in [2.45, 2.75) is 78.6 Å². The lowest BCUT2D eigenvalue weighted by atomic mass is 9.97. The molecule has 0 saturated carbocycles. The fraction of sp³-hybridized carbons (Fsp3) is 0.692. The van der Waals surface area contributed by atoms with Gasteiger partial charge in [0, 0.05) is 50.6 Å². The van der Waals surface area contributed by atoms with Gasteiger partial charge in [-0.25, -0.2) is 0 Å². The lowest BCUT2D eigenvalue weighted by Gasteiger charge is -2.33. The minimum Gasteiger partial charge on any atom is -0.382 e. The molecule has 1 saturated heterocycles. The monoisotopic (exact) mass is 445 g/mol. The summed E-state index contributed by atoms with van der Waals surface area (Å²) in [5, 5.41) is 6.01. The Kier molecular flexibility index (Phi) is 12.2. The summed E-state index contributed by atoms with van der Waals surface area (Å²) >= 11 is 0. The Hall–Kier alpha value is -2.08. The van der Waals surface area contributed by atoms with E-state index in [1.807, 2.05) is 25.1 Å². The van der Waals surface area contributed by atoms with Gasteiger partial charge in [-0.3, -0.25) is 9.59 Å². The number of piperidine rings is 1. The molecule has 2 amide bonds. The highest BCUT2D eigenvalue weighted by Gasteiger charge is 2.21. The van der Waals surface area contributed by atoms with Crippen molar-refractivity contribution in [1.82, 2.24) is 5.32 Å². The zero-order valence-electron chi connectivity index (χ0n) is 20.4. The van der Waals surface area contributed by atoms with Gasteiger partial charge in [-0.1, -0.05) is 39.5 Å². The number of unbranched alkanes of at least 4 members (excludes halogenated alkanes) is 4. The SMILES string of the molecule is CCCCCCCC(=O)Nc1ccc(N2CCC(C)CC2)c(C(=O)NCCCOCC)c1. The summed E-state index contributed by atoms with van der Waals surface area (Å²) in [5.41, 5.74) is 2.28. The number of amides is 2. The van der Waals surface area contributed by atoms with Gasteiger partial charge in [0.25, 0.3) is 5.91 Å². The topological polar surface area (TPSA) is 70.7 Å². The normalized spacial score (nSPS) is 14.4. The summed E-state index contributed by atoms with van der Waals surface area (Å²) in [6.45, 7) is 10.2. The minimum absolute atomic E-state index is 0.0177. The molecule has 1 aliphatic rings. The van der Waals surface area contributed by atoms with Gasteiger partial charge in [0.2, 0.25) is 5.91 Å². The number of hydrogen-bond donors (Lipinski definition) is 2. The zero-order chi connectivity index (χ0) is 23.2. The van der Waals surface area contributed by atoms with Gasteiger partial charge in [0.1, 0.15) is 0 Å². The van der Waals surface area contributed by atoms with Crippen molar-refractivity contribution >= 4 is 23.2 Å². The lowest BCUT2D eigenvalue weighted by molar-refractivity contribution is -0.116. The Balaban J connectivity index is 2.03. The molecule has 0 unspecified atom stereocenters. The standard InChI is InChI=1S/C26H43N3O3/c1-4-6-7-8-9-11-25(30)28-22-12-13-24(29-17-14-21(3)15-18-29)23(20-22)26(31)27-16-10-19-32-5-2/h12-13,20-21H,4-11,14-19H2,1-3H3,(H,27,31)(H,28,30). The highest BCUT2D eigenvalue weighted by molar-refractivity contribution is 6.02. The van der Waals surface area contributed by atoms with Crippen LogP contribution in [0.3, 0.4) is 0 Å². The number of anilines is 2. The van der Waals surface area contributed by atoms with E-state index < -0.39 is 0 Å². The predicted octanol–water partition coefficient (Wildman–Crippen LogP) is 5.38. The third kappa shape index (κ3) is 9.19. The van der Waals surface area contributed by atoms with Crippen LogP contribution in [0.2, 0.25) is 0 Å². The molecule has 0 spiro atoms. The molecule has 0 aromatic heterocycles. The molecule has 2 rings (SSSR count). The molecule has 1 fully saturated rings. The van der Waals surface area contributed by atoms with Gasteiger partial charge in [-0.05, 0) is 56.7 Å². The van der Waals surface area contributed by atoms with Crippen LogP contribution in [0.1, 0.15) is 88.9 Å². The molecule has 1 heterocycles. The van der Waals surface area contributed by atoms with E-state index in [4.69, 9.17) is 4.74 Å². The molecule has 0 radical (unpaired) electrons. The molecule has 1 aromatic carbocycles. The van der Waals surface area contributed by atoms with Gasteiger partial charge in [-0.15, -0.1) is 0 Å². The van der Waals surface area contributed by atoms with E-state index in [1.165, 1.54) is 19.3 Å². The maximum Gasteiger partial charge on any atom is 0.253 e. The summed E-state index contributed by atoms with van der Waals surface area (Å²) in [5.74, 6) is 0.646. The first kappa shape index (κ1) is 26.2. The second kappa shape index (κ2) is 14.9. The Morgan fingerprint density at radius 3 is 2.53 bits per heavy atom. The molecule has 0 bridgehead atoms. The largest absolute Gasteiger partial charge is 0.382 e. The van der Waals surface area contributed by atoms with Crippen LogP contribution in [-0.4, -0.2) is 44.7 Å². The van der Waals surface area contributed by atoms with Crippen LogP contribution in [0.4, 0.5) is 11.4 Å². The molecule has 1 aliphatic heterocycles. The highest BCUT2D eigenvalue weighted by Crippen LogP contribution is 2.29. The molecule has 0 aliphatic carbocycles. The smallest absolute Gasteiger partial charge is 0.253 e. The average molecular weight is 446 g/mol. The first-order chi connectivity index (χ1) is 15.5. The van der Waals surface area contributed by atoms with Crippen molar-refractivity contribution in [3.8, 4) is 0 Å². The molecule has 0 atom stereocenters. The summed E-state index contributed by atoms with van der Waals surface area (Å²) in [4.78, 5) is 27.7. The molecular weight excluding hydrogens is 402 g/mol. The molecule has 180 valence electrons. The minimum atomic E-state index is -0.0919. The van der Waals surface area contributed by atoms with Crippen LogP contribution in [0.5, 0.6) is 0 Å². The van der Waals surface area contributed by atoms with E-state index in [0.717, 1.165) is 56.8 Å². The van der Waals surface area contributed by atoms with Crippen molar-refractivity contribution < 1.29 is 14.3 Å². The molecule has 6 nitrogen and oxygen atoms in total. The van der Waals surface area contributed by atoms with Crippen LogP contribution >= 0.6 is 0 Å². The van der Waals surface area contributed by atoms with Crippen LogP contribution < -0.4 is 15.5 Å². The highest BCUT2D eigenvalue weighted by atomic mass is 16.5. The quantitative estimate of drug-likeness (QED) is 0.377. The predicted molar refractivity (Wildman–Crippen MR) is 133 cm³/mol. The molecule has 32 heavy (non-hydrogen) atoms. The maximum absolute atomic E-state index is 13.0. The van der Waals surface area contributed by atoms with Gasteiger partial charge >= 0.3 is 0 Å². The van der Waals surface area contributed by atoms with Crippen LogP contribution in [-0.2, 0) is 9.53 Å². The van der Waals surface area contributed by atoms with Gasteiger partial charge < -0.3 is 20.3 Å². The lowest BCUT2D eigenvalue weighted by Crippen LogP contribution is -2.35. The van der Waals surface area contributed by atoms with Crippen LogP contribution in [0, 0.1) is 5.92 Å². The van der Waals surface area contributed by atoms with E-state index in [1.54, 1.807) is 0 Å². The van der Waals surface area contributed by atoms with Crippen molar-refractivity contribution in [1.29, 1.82) is 0 Å². The van der Waals surface area contributed by atoms with E-state index in [9.17, 15) is 9.59 Å². The Bertz CT molecular complexity index is 700. The molecule has 1 aromatic rings. The molecular formula is C26H43N3O3. The third-order valence-corrected chi connectivity index (χ3v) is 6.11. The molecule has 2 N–H and O–H groups in total. The van der Waals surface area contributed by atoms with Crippen molar-refractivity contribution in [2.24, 2.45) is 5.92 Å². The number of carbonyl (C=O) groups excluding carboxylic acids is 2. The number of carbonyl (C=O) groups is 2. The number of nitrogens with one attached hydrogen (secondary N) is 2. The Morgan fingerprint density at radius 1 is 1.06 bits per heavy atom. The van der Waals surface area contributed by atoms with Crippen LogP contribution in [0.25, 0.3) is 0 Å². The Labute approximate surface area is 194 Å². The van der Waals surface area contributed by atoms with Gasteiger partial charge in [0.05, 0.1) is 5.56 Å². The van der Waals surface area contributed by atoms with E-state index >= 15 is 0 Å². The maximum atomic E-state index is 13.0. The van der Waals surface area contributed by atoms with E-state index in [0.29, 0.717) is 37.4 Å². The van der Waals surface area contributed by atoms with Crippen molar-refractivity contribution in [3.05, 3.63) is 23.8 Å². The second-order valence-corrected chi connectivity index (χ2v) is 8.92. The third-order valence-electron chi connectivity index (χ3n) is 6.11. The first-order valence-electron chi connectivity index (χ1n) is 12.6. The zero-order valence-corrected chi connectivity index (χ0v) is 20.4. The first-order valence-corrected chi connectivity index (χ1v) is 12.6. The summed E-state index contributed by atoms with van der Waals surface area (Å²) < 4.78 is 5.36. The second-order valence-electron chi connectivity index (χ2n) is 8.92. The summed E-state index contributed by atoms with van der Waals surface area (Å²) in [6.07, 6.45) is 9.16. The number of hydrogen-bond acceptors (Lipinski definition) is 4. The van der Waals surface area contributed by atoms with Crippen molar-refractivity contribution in [3.63, 3.8) is 0 Å². The Morgan fingerprint density at radius 2 is 1.81 bits per heavy atom.